The van der Waals surface area contributed by atoms with Crippen molar-refractivity contribution in [1.82, 2.24) is 19.5 Å². The number of rotatable bonds is 7. The van der Waals surface area contributed by atoms with Gasteiger partial charge in [-0.2, -0.15) is 4.98 Å². The van der Waals surface area contributed by atoms with Crippen LogP contribution in [0.25, 0.3) is 11.2 Å². The second-order valence-electron chi connectivity index (χ2n) is 9.48. The Morgan fingerprint density at radius 1 is 1.03 bits per heavy atom. The van der Waals surface area contributed by atoms with E-state index in [1.807, 2.05) is 4.57 Å². The number of benzene rings is 2. The highest BCUT2D eigenvalue weighted by molar-refractivity contribution is 6.16. The van der Waals surface area contributed by atoms with Crippen molar-refractivity contribution in [3.63, 3.8) is 0 Å². The number of nitrogens with two attached hydrogens (primary N) is 1. The standard InChI is InChI=1S/C27H25FN6O4/c28-17-4-6-18(7-5-17)34(26(36)27(12-13-27)25(29)35)19-8-10-20(11-9-19)38-24-22-23(30-15-31-24)33(16-32-22)21-3-1-2-14-37-21/h4-11,15-16,21H,1-3,12-14H2,(H2,29,35). The number of nitrogens with zero attached hydrogens (tertiary/aromatic N) is 5. The van der Waals surface area contributed by atoms with E-state index < -0.39 is 23.0 Å². The molecule has 0 spiro atoms. The van der Waals surface area contributed by atoms with E-state index in [1.54, 1.807) is 30.6 Å². The number of amides is 2. The van der Waals surface area contributed by atoms with Crippen LogP contribution in [0.1, 0.15) is 38.3 Å². The van der Waals surface area contributed by atoms with E-state index in [9.17, 15) is 14.0 Å². The third kappa shape index (κ3) is 4.24. The van der Waals surface area contributed by atoms with E-state index in [1.165, 1.54) is 35.5 Å². The second-order valence-corrected chi connectivity index (χ2v) is 9.48. The van der Waals surface area contributed by atoms with Crippen LogP contribution in [-0.4, -0.2) is 37.9 Å². The van der Waals surface area contributed by atoms with Crippen LogP contribution in [0.15, 0.2) is 61.2 Å². The zero-order valence-corrected chi connectivity index (χ0v) is 20.4. The summed E-state index contributed by atoms with van der Waals surface area (Å²) in [5, 5.41) is 0. The predicted molar refractivity (Wildman–Crippen MR) is 135 cm³/mol. The topological polar surface area (TPSA) is 125 Å². The van der Waals surface area contributed by atoms with Crippen molar-refractivity contribution in [3.8, 4) is 11.6 Å². The van der Waals surface area contributed by atoms with Crippen LogP contribution in [-0.2, 0) is 14.3 Å². The number of carbonyl (C=O) groups excluding carboxylic acids is 2. The smallest absolute Gasteiger partial charge is 0.250 e. The summed E-state index contributed by atoms with van der Waals surface area (Å²) < 4.78 is 27.4. The predicted octanol–water partition coefficient (Wildman–Crippen LogP) is 4.39. The van der Waals surface area contributed by atoms with Gasteiger partial charge < -0.3 is 15.2 Å². The van der Waals surface area contributed by atoms with Crippen molar-refractivity contribution in [2.75, 3.05) is 11.5 Å². The maximum absolute atomic E-state index is 13.6. The summed E-state index contributed by atoms with van der Waals surface area (Å²) in [6.07, 6.45) is 6.73. The largest absolute Gasteiger partial charge is 0.437 e. The van der Waals surface area contributed by atoms with Gasteiger partial charge in [-0.1, -0.05) is 0 Å². The van der Waals surface area contributed by atoms with Gasteiger partial charge in [0, 0.05) is 18.0 Å². The lowest BCUT2D eigenvalue weighted by atomic mass is 10.0. The average molecular weight is 517 g/mol. The molecule has 1 aliphatic heterocycles. The minimum atomic E-state index is -1.25. The molecule has 2 aliphatic rings. The Labute approximate surface area is 217 Å². The highest BCUT2D eigenvalue weighted by Crippen LogP contribution is 2.49. The van der Waals surface area contributed by atoms with Crippen molar-refractivity contribution < 1.29 is 23.5 Å². The molecular weight excluding hydrogens is 491 g/mol. The molecule has 38 heavy (non-hydrogen) atoms. The third-order valence-corrected chi connectivity index (χ3v) is 7.02. The second kappa shape index (κ2) is 9.49. The maximum atomic E-state index is 13.6. The van der Waals surface area contributed by atoms with Crippen molar-refractivity contribution in [1.29, 1.82) is 0 Å². The molecule has 2 fully saturated rings. The molecule has 2 amide bonds. The Hall–Kier alpha value is -4.38. The fourth-order valence-electron chi connectivity index (χ4n) is 4.71. The number of aromatic nitrogens is 4. The zero-order chi connectivity index (χ0) is 26.3. The SMILES string of the molecule is NC(=O)C1(C(=O)N(c2ccc(F)cc2)c2ccc(Oc3ncnc4c3ncn4C3CCCCO3)cc2)CC1. The molecule has 4 aromatic rings. The first-order valence-electron chi connectivity index (χ1n) is 12.4. The van der Waals surface area contributed by atoms with Gasteiger partial charge >= 0.3 is 0 Å². The molecule has 0 radical (unpaired) electrons. The summed E-state index contributed by atoms with van der Waals surface area (Å²) in [4.78, 5) is 40.0. The van der Waals surface area contributed by atoms with Gasteiger partial charge in [0.25, 0.3) is 5.88 Å². The van der Waals surface area contributed by atoms with Crippen LogP contribution in [0.2, 0.25) is 0 Å². The van der Waals surface area contributed by atoms with Crippen LogP contribution in [0.4, 0.5) is 15.8 Å². The molecule has 2 aromatic carbocycles. The summed E-state index contributed by atoms with van der Waals surface area (Å²) in [6.45, 7) is 0.698. The van der Waals surface area contributed by atoms with Gasteiger partial charge in [0.15, 0.2) is 11.2 Å². The highest BCUT2D eigenvalue weighted by Gasteiger charge is 2.57. The summed E-state index contributed by atoms with van der Waals surface area (Å²) in [5.74, 6) is -0.803. The summed E-state index contributed by atoms with van der Waals surface area (Å²) in [5.41, 5.74) is 6.33. The molecule has 1 aliphatic carbocycles. The van der Waals surface area contributed by atoms with E-state index in [0.717, 1.165) is 19.3 Å². The van der Waals surface area contributed by atoms with E-state index in [2.05, 4.69) is 15.0 Å². The molecule has 3 heterocycles. The Bertz CT molecular complexity index is 1490. The molecule has 1 saturated carbocycles. The van der Waals surface area contributed by atoms with E-state index in [4.69, 9.17) is 15.2 Å². The van der Waals surface area contributed by atoms with Gasteiger partial charge in [0.05, 0.1) is 6.33 Å². The van der Waals surface area contributed by atoms with Crippen LogP contribution >= 0.6 is 0 Å². The highest BCUT2D eigenvalue weighted by atomic mass is 19.1. The number of anilines is 2. The van der Waals surface area contributed by atoms with Crippen molar-refractivity contribution in [2.24, 2.45) is 11.1 Å². The fraction of sp³-hybridized carbons (Fsp3) is 0.296. The average Bonchev–Trinajstić information content (AvgIpc) is 3.65. The lowest BCUT2D eigenvalue weighted by Gasteiger charge is -2.26. The third-order valence-electron chi connectivity index (χ3n) is 7.02. The number of imidazole rings is 1. The maximum Gasteiger partial charge on any atom is 0.250 e. The Morgan fingerprint density at radius 2 is 1.74 bits per heavy atom. The number of halogens is 1. The number of fused-ring (bicyclic) bond motifs is 1. The lowest BCUT2D eigenvalue weighted by molar-refractivity contribution is -0.133. The van der Waals surface area contributed by atoms with Crippen LogP contribution in [0.5, 0.6) is 11.6 Å². The van der Waals surface area contributed by atoms with Crippen LogP contribution < -0.4 is 15.4 Å². The molecule has 1 unspecified atom stereocenters. The Balaban J connectivity index is 1.29. The summed E-state index contributed by atoms with van der Waals surface area (Å²) in [6, 6.07) is 12.2. The van der Waals surface area contributed by atoms with Crippen molar-refractivity contribution in [3.05, 3.63) is 67.0 Å². The lowest BCUT2D eigenvalue weighted by Crippen LogP contribution is -2.41. The number of ether oxygens (including phenoxy) is 2. The molecule has 194 valence electrons. The Morgan fingerprint density at radius 3 is 2.37 bits per heavy atom. The van der Waals surface area contributed by atoms with Gasteiger partial charge in [0.1, 0.15) is 29.5 Å². The first kappa shape index (κ1) is 24.0. The molecular formula is C27H25FN6O4. The normalized spacial score (nSPS) is 18.2. The van der Waals surface area contributed by atoms with E-state index in [-0.39, 0.29) is 12.1 Å². The minimum Gasteiger partial charge on any atom is -0.437 e. The molecule has 10 nitrogen and oxygen atoms in total. The molecule has 1 atom stereocenters. The van der Waals surface area contributed by atoms with Crippen LogP contribution in [0.3, 0.4) is 0 Å². The van der Waals surface area contributed by atoms with Gasteiger partial charge in [-0.05, 0) is 80.6 Å². The molecule has 1 saturated heterocycles. The van der Waals surface area contributed by atoms with Gasteiger partial charge in [-0.3, -0.25) is 19.1 Å². The zero-order valence-electron chi connectivity index (χ0n) is 20.4. The summed E-state index contributed by atoms with van der Waals surface area (Å²) >= 11 is 0. The molecule has 6 rings (SSSR count). The molecule has 11 heteroatoms. The Kier molecular flexibility index (Phi) is 5.99. The summed E-state index contributed by atoms with van der Waals surface area (Å²) in [7, 11) is 0. The van der Waals surface area contributed by atoms with Crippen molar-refractivity contribution >= 4 is 34.4 Å². The quantitative estimate of drug-likeness (QED) is 0.361. The number of primary amides is 1. The number of hydrogen-bond donors (Lipinski definition) is 1. The van der Waals surface area contributed by atoms with E-state index >= 15 is 0 Å². The first-order valence-corrected chi connectivity index (χ1v) is 12.4. The molecule has 2 aromatic heterocycles. The van der Waals surface area contributed by atoms with Gasteiger partial charge in [-0.25, -0.2) is 14.4 Å². The number of hydrogen-bond acceptors (Lipinski definition) is 7. The monoisotopic (exact) mass is 516 g/mol. The van der Waals surface area contributed by atoms with Crippen LogP contribution in [0, 0.1) is 11.2 Å². The van der Waals surface area contributed by atoms with E-state index in [0.29, 0.717) is 47.7 Å². The molecule has 0 bridgehead atoms. The number of carbonyl (C=O) groups is 2. The van der Waals surface area contributed by atoms with Gasteiger partial charge in [0.2, 0.25) is 11.8 Å². The van der Waals surface area contributed by atoms with Gasteiger partial charge in [-0.15, -0.1) is 0 Å². The van der Waals surface area contributed by atoms with Crippen molar-refractivity contribution in [2.45, 2.75) is 38.3 Å². The first-order chi connectivity index (χ1) is 18.5. The minimum absolute atomic E-state index is 0.124. The molecule has 2 N–H and O–H groups in total. The fourth-order valence-corrected chi connectivity index (χ4v) is 4.71.